The molecule has 0 spiro atoms. The highest BCUT2D eigenvalue weighted by Crippen LogP contribution is 2.19. The van der Waals surface area contributed by atoms with E-state index in [1.807, 2.05) is 13.8 Å². The Kier molecular flexibility index (Phi) is 3.87. The van der Waals surface area contributed by atoms with E-state index in [0.717, 1.165) is 42.6 Å². The van der Waals surface area contributed by atoms with Gasteiger partial charge in [-0.15, -0.1) is 0 Å². The Labute approximate surface area is 126 Å². The first-order valence-corrected chi connectivity index (χ1v) is 7.77. The molecule has 0 aromatic carbocycles. The molecule has 21 heavy (non-hydrogen) atoms. The first-order chi connectivity index (χ1) is 10.1. The minimum absolute atomic E-state index is 0.104. The second-order valence-corrected chi connectivity index (χ2v) is 6.04. The molecule has 0 amide bonds. The van der Waals surface area contributed by atoms with Gasteiger partial charge in [0.2, 0.25) is 11.1 Å². The van der Waals surface area contributed by atoms with E-state index in [1.165, 1.54) is 17.6 Å². The molecule has 1 aliphatic rings. The SMILES string of the molecule is Cc1cc(=O)[nH]c(N2CCCC(Nc3nc(C)ns3)C2)n1. The monoisotopic (exact) mass is 306 g/mol. The van der Waals surface area contributed by atoms with Gasteiger partial charge in [0.25, 0.3) is 5.56 Å². The Hall–Kier alpha value is -1.96. The quantitative estimate of drug-likeness (QED) is 0.889. The molecule has 1 atom stereocenters. The number of aryl methyl sites for hydroxylation is 2. The van der Waals surface area contributed by atoms with E-state index in [4.69, 9.17) is 0 Å². The zero-order chi connectivity index (χ0) is 14.8. The fourth-order valence-electron chi connectivity index (χ4n) is 2.53. The van der Waals surface area contributed by atoms with Gasteiger partial charge >= 0.3 is 0 Å². The highest BCUT2D eigenvalue weighted by atomic mass is 32.1. The van der Waals surface area contributed by atoms with E-state index in [0.29, 0.717) is 5.95 Å². The number of nitrogens with zero attached hydrogens (tertiary/aromatic N) is 4. The summed E-state index contributed by atoms with van der Waals surface area (Å²) in [6, 6.07) is 1.80. The fraction of sp³-hybridized carbons (Fsp3) is 0.538. The van der Waals surface area contributed by atoms with E-state index in [-0.39, 0.29) is 11.6 Å². The Morgan fingerprint density at radius 3 is 3.00 bits per heavy atom. The van der Waals surface area contributed by atoms with E-state index in [9.17, 15) is 4.79 Å². The number of aromatic amines is 1. The van der Waals surface area contributed by atoms with Gasteiger partial charge in [-0.25, -0.2) is 9.97 Å². The van der Waals surface area contributed by atoms with Crippen LogP contribution >= 0.6 is 11.5 Å². The predicted molar refractivity (Wildman–Crippen MR) is 83.1 cm³/mol. The summed E-state index contributed by atoms with van der Waals surface area (Å²) in [5.41, 5.74) is 0.635. The second kappa shape index (κ2) is 5.80. The summed E-state index contributed by atoms with van der Waals surface area (Å²) in [5.74, 6) is 1.44. The third kappa shape index (κ3) is 3.38. The second-order valence-electron chi connectivity index (χ2n) is 5.29. The van der Waals surface area contributed by atoms with Crippen LogP contribution in [0.3, 0.4) is 0 Å². The molecule has 0 saturated carbocycles. The summed E-state index contributed by atoms with van der Waals surface area (Å²) < 4.78 is 4.18. The molecule has 0 bridgehead atoms. The maximum absolute atomic E-state index is 11.6. The number of piperidine rings is 1. The molecule has 8 heteroatoms. The lowest BCUT2D eigenvalue weighted by molar-refractivity contribution is 0.522. The number of anilines is 2. The van der Waals surface area contributed by atoms with E-state index in [2.05, 4.69) is 29.5 Å². The summed E-state index contributed by atoms with van der Waals surface area (Å²) in [4.78, 5) is 25.3. The zero-order valence-corrected chi connectivity index (χ0v) is 12.9. The Balaban J connectivity index is 1.71. The maximum Gasteiger partial charge on any atom is 0.252 e. The predicted octanol–water partition coefficient (Wildman–Crippen LogP) is 1.32. The summed E-state index contributed by atoms with van der Waals surface area (Å²) in [7, 11) is 0. The van der Waals surface area contributed by atoms with Gasteiger partial charge in [-0.05, 0) is 26.7 Å². The third-order valence-corrected chi connectivity index (χ3v) is 4.17. The summed E-state index contributed by atoms with van der Waals surface area (Å²) >= 11 is 1.38. The van der Waals surface area contributed by atoms with Gasteiger partial charge in [0, 0.05) is 42.4 Å². The van der Waals surface area contributed by atoms with Gasteiger partial charge in [-0.3, -0.25) is 9.78 Å². The minimum Gasteiger partial charge on any atom is -0.356 e. The van der Waals surface area contributed by atoms with Crippen LogP contribution in [0.15, 0.2) is 10.9 Å². The van der Waals surface area contributed by atoms with Gasteiger partial charge in [0.05, 0.1) is 0 Å². The highest BCUT2D eigenvalue weighted by Gasteiger charge is 2.22. The van der Waals surface area contributed by atoms with Gasteiger partial charge in [-0.2, -0.15) is 4.37 Å². The number of hydrogen-bond acceptors (Lipinski definition) is 7. The Bertz CT molecular complexity index is 681. The van der Waals surface area contributed by atoms with Crippen LogP contribution in [0.4, 0.5) is 11.1 Å². The number of H-pyrrole nitrogens is 1. The molecule has 3 rings (SSSR count). The summed E-state index contributed by atoms with van der Waals surface area (Å²) in [5, 5.41) is 4.27. The molecule has 2 N–H and O–H groups in total. The molecule has 1 aliphatic heterocycles. The van der Waals surface area contributed by atoms with E-state index < -0.39 is 0 Å². The molecular formula is C13H18N6OS. The van der Waals surface area contributed by atoms with Crippen molar-refractivity contribution in [2.75, 3.05) is 23.3 Å². The molecular weight excluding hydrogens is 288 g/mol. The first-order valence-electron chi connectivity index (χ1n) is 7.00. The van der Waals surface area contributed by atoms with Crippen molar-refractivity contribution >= 4 is 22.6 Å². The van der Waals surface area contributed by atoms with Crippen molar-refractivity contribution in [2.45, 2.75) is 32.7 Å². The van der Waals surface area contributed by atoms with Crippen LogP contribution in [0.1, 0.15) is 24.4 Å². The van der Waals surface area contributed by atoms with Gasteiger partial charge < -0.3 is 10.2 Å². The Morgan fingerprint density at radius 2 is 2.29 bits per heavy atom. The van der Waals surface area contributed by atoms with Crippen molar-refractivity contribution in [3.05, 3.63) is 27.9 Å². The van der Waals surface area contributed by atoms with Crippen molar-refractivity contribution in [1.82, 2.24) is 19.3 Å². The third-order valence-electron chi connectivity index (χ3n) is 3.43. The molecule has 1 fully saturated rings. The average Bonchev–Trinajstić information content (AvgIpc) is 2.83. The smallest absolute Gasteiger partial charge is 0.252 e. The van der Waals surface area contributed by atoms with Crippen LogP contribution < -0.4 is 15.8 Å². The molecule has 1 unspecified atom stereocenters. The number of rotatable bonds is 3. The molecule has 1 saturated heterocycles. The van der Waals surface area contributed by atoms with E-state index >= 15 is 0 Å². The number of aromatic nitrogens is 4. The van der Waals surface area contributed by atoms with Gasteiger partial charge in [0.15, 0.2) is 0 Å². The van der Waals surface area contributed by atoms with Crippen molar-refractivity contribution in [3.63, 3.8) is 0 Å². The van der Waals surface area contributed by atoms with Crippen LogP contribution in [0.25, 0.3) is 0 Å². The lowest BCUT2D eigenvalue weighted by Crippen LogP contribution is -2.43. The van der Waals surface area contributed by atoms with Crippen LogP contribution in [0, 0.1) is 13.8 Å². The fourth-order valence-corrected chi connectivity index (χ4v) is 3.18. The number of hydrogen-bond donors (Lipinski definition) is 2. The lowest BCUT2D eigenvalue weighted by atomic mass is 10.1. The van der Waals surface area contributed by atoms with Crippen molar-refractivity contribution < 1.29 is 0 Å². The lowest BCUT2D eigenvalue weighted by Gasteiger charge is -2.33. The minimum atomic E-state index is -0.104. The standard InChI is InChI=1S/C13H18N6OS/c1-8-6-11(20)17-12(14-8)19-5-3-4-10(7-19)16-13-15-9(2)18-21-13/h6,10H,3-5,7H2,1-2H3,(H,14,17,20)(H,15,16,18). The van der Waals surface area contributed by atoms with Crippen LogP contribution in [0.5, 0.6) is 0 Å². The molecule has 0 radical (unpaired) electrons. The molecule has 2 aromatic rings. The first kappa shape index (κ1) is 14.0. The van der Waals surface area contributed by atoms with Crippen molar-refractivity contribution in [1.29, 1.82) is 0 Å². The Morgan fingerprint density at radius 1 is 1.43 bits per heavy atom. The zero-order valence-electron chi connectivity index (χ0n) is 12.1. The van der Waals surface area contributed by atoms with Crippen molar-refractivity contribution in [2.24, 2.45) is 0 Å². The normalized spacial score (nSPS) is 18.8. The van der Waals surface area contributed by atoms with Crippen LogP contribution in [-0.4, -0.2) is 38.5 Å². The topological polar surface area (TPSA) is 86.8 Å². The largest absolute Gasteiger partial charge is 0.356 e. The molecule has 7 nitrogen and oxygen atoms in total. The molecule has 0 aliphatic carbocycles. The molecule has 112 valence electrons. The maximum atomic E-state index is 11.6. The van der Waals surface area contributed by atoms with Crippen molar-refractivity contribution in [3.8, 4) is 0 Å². The van der Waals surface area contributed by atoms with Gasteiger partial charge in [0.1, 0.15) is 5.82 Å². The summed E-state index contributed by atoms with van der Waals surface area (Å²) in [6.07, 6.45) is 2.12. The average molecular weight is 306 g/mol. The van der Waals surface area contributed by atoms with Crippen LogP contribution in [-0.2, 0) is 0 Å². The van der Waals surface area contributed by atoms with Gasteiger partial charge in [-0.1, -0.05) is 0 Å². The summed E-state index contributed by atoms with van der Waals surface area (Å²) in [6.45, 7) is 5.42. The molecule has 3 heterocycles. The van der Waals surface area contributed by atoms with Crippen LogP contribution in [0.2, 0.25) is 0 Å². The highest BCUT2D eigenvalue weighted by molar-refractivity contribution is 7.09. The number of nitrogens with one attached hydrogen (secondary N) is 2. The van der Waals surface area contributed by atoms with E-state index in [1.54, 1.807) is 0 Å². The molecule has 2 aromatic heterocycles.